The van der Waals surface area contributed by atoms with Gasteiger partial charge >= 0.3 is 10.1 Å². The lowest BCUT2D eigenvalue weighted by Gasteiger charge is -2.30. The molecule has 0 aliphatic rings. The third-order valence-corrected chi connectivity index (χ3v) is 6.65. The molecule has 1 atom stereocenters. The Kier molecular flexibility index (Phi) is 7.72. The van der Waals surface area contributed by atoms with Gasteiger partial charge in [-0.05, 0) is 49.6 Å². The van der Waals surface area contributed by atoms with Crippen LogP contribution in [0.25, 0.3) is 0 Å². The Morgan fingerprint density at radius 2 is 1.79 bits per heavy atom. The fourth-order valence-corrected chi connectivity index (χ4v) is 4.71. The van der Waals surface area contributed by atoms with Crippen LogP contribution in [0.3, 0.4) is 0 Å². The lowest BCUT2D eigenvalue weighted by Crippen LogP contribution is -2.40. The zero-order valence-electron chi connectivity index (χ0n) is 17.5. The molecular formula is C22H28ClNO4S. The highest BCUT2D eigenvalue weighted by atomic mass is 35.5. The molecule has 0 spiro atoms. The molecule has 1 amide bonds. The highest BCUT2D eigenvalue weighted by Gasteiger charge is 2.24. The van der Waals surface area contributed by atoms with Crippen LogP contribution in [0.4, 0.5) is 0 Å². The van der Waals surface area contributed by atoms with E-state index in [0.29, 0.717) is 12.1 Å². The number of rotatable bonds is 8. The predicted molar refractivity (Wildman–Crippen MR) is 116 cm³/mol. The van der Waals surface area contributed by atoms with E-state index in [1.165, 1.54) is 6.07 Å². The average Bonchev–Trinajstić information content (AvgIpc) is 2.64. The van der Waals surface area contributed by atoms with E-state index < -0.39 is 10.1 Å². The summed E-state index contributed by atoms with van der Waals surface area (Å²) in [6, 6.07) is 11.7. The van der Waals surface area contributed by atoms with Gasteiger partial charge in [-0.1, -0.05) is 56.6 Å². The van der Waals surface area contributed by atoms with E-state index in [-0.39, 0.29) is 33.5 Å². The van der Waals surface area contributed by atoms with Crippen molar-refractivity contribution in [1.29, 1.82) is 0 Å². The first-order valence-corrected chi connectivity index (χ1v) is 11.4. The van der Waals surface area contributed by atoms with Crippen LogP contribution in [0, 0.1) is 12.8 Å². The molecule has 0 saturated heterocycles. The summed E-state index contributed by atoms with van der Waals surface area (Å²) in [6.45, 7) is 9.83. The molecule has 0 radical (unpaired) electrons. The largest absolute Gasteiger partial charge is 0.379 e. The van der Waals surface area contributed by atoms with Crippen molar-refractivity contribution in [2.75, 3.05) is 0 Å². The van der Waals surface area contributed by atoms with Gasteiger partial charge in [0.05, 0.1) is 5.02 Å². The molecule has 0 bridgehead atoms. The van der Waals surface area contributed by atoms with Gasteiger partial charge in [0.2, 0.25) is 5.91 Å². The van der Waals surface area contributed by atoms with Crippen molar-refractivity contribution in [1.82, 2.24) is 4.90 Å². The molecule has 0 N–H and O–H groups in total. The Bertz CT molecular complexity index is 952. The van der Waals surface area contributed by atoms with Crippen molar-refractivity contribution in [3.05, 3.63) is 58.6 Å². The lowest BCUT2D eigenvalue weighted by atomic mass is 10.1. The van der Waals surface area contributed by atoms with Crippen LogP contribution in [0.2, 0.25) is 5.02 Å². The van der Waals surface area contributed by atoms with Gasteiger partial charge in [-0.3, -0.25) is 4.79 Å². The molecule has 2 rings (SSSR count). The molecule has 0 fully saturated rings. The molecule has 0 aliphatic carbocycles. The van der Waals surface area contributed by atoms with Crippen molar-refractivity contribution in [3.63, 3.8) is 0 Å². The first kappa shape index (κ1) is 23.2. The molecule has 0 unspecified atom stereocenters. The third kappa shape index (κ3) is 5.73. The first-order valence-electron chi connectivity index (χ1n) is 9.65. The Hall–Kier alpha value is -2.05. The molecule has 2 aromatic carbocycles. The fourth-order valence-electron chi connectivity index (χ4n) is 3.00. The first-order chi connectivity index (χ1) is 13.6. The number of carbonyl (C=O) groups excluding carboxylic acids is 1. The third-order valence-electron chi connectivity index (χ3n) is 4.77. The van der Waals surface area contributed by atoms with Gasteiger partial charge in [0.25, 0.3) is 0 Å². The van der Waals surface area contributed by atoms with Crippen LogP contribution in [0.5, 0.6) is 5.75 Å². The highest BCUT2D eigenvalue weighted by molar-refractivity contribution is 7.87. The van der Waals surface area contributed by atoms with Crippen LogP contribution < -0.4 is 4.18 Å². The van der Waals surface area contributed by atoms with Crippen molar-refractivity contribution >= 4 is 27.6 Å². The van der Waals surface area contributed by atoms with Gasteiger partial charge in [-0.2, -0.15) is 8.42 Å². The van der Waals surface area contributed by atoms with Crippen LogP contribution in [0.15, 0.2) is 47.4 Å². The topological polar surface area (TPSA) is 63.7 Å². The van der Waals surface area contributed by atoms with Crippen molar-refractivity contribution in [3.8, 4) is 5.75 Å². The Balaban J connectivity index is 2.30. The van der Waals surface area contributed by atoms with Gasteiger partial charge in [-0.25, -0.2) is 0 Å². The molecule has 2 aromatic rings. The van der Waals surface area contributed by atoms with E-state index in [0.717, 1.165) is 12.0 Å². The van der Waals surface area contributed by atoms with Gasteiger partial charge in [0.1, 0.15) is 10.6 Å². The van der Waals surface area contributed by atoms with Crippen LogP contribution in [-0.4, -0.2) is 25.3 Å². The number of hydrogen-bond acceptors (Lipinski definition) is 4. The van der Waals surface area contributed by atoms with E-state index in [1.54, 1.807) is 37.3 Å². The quantitative estimate of drug-likeness (QED) is 0.532. The maximum Gasteiger partial charge on any atom is 0.340 e. The van der Waals surface area contributed by atoms with Crippen LogP contribution >= 0.6 is 11.6 Å². The number of hydrogen-bond donors (Lipinski definition) is 0. The molecule has 0 aromatic heterocycles. The molecule has 5 nitrogen and oxygen atoms in total. The van der Waals surface area contributed by atoms with E-state index in [1.807, 2.05) is 38.7 Å². The minimum Gasteiger partial charge on any atom is -0.379 e. The standard InChI is InChI=1S/C22H28ClNO4S/c1-6-17(5)24(22(25)15(2)3)14-18-10-8-11-19(13-18)28-29(26,27)21-16(4)9-7-12-20(21)23/h7-13,15,17H,6,14H2,1-5H3/t17-/m1/s1. The zero-order valence-corrected chi connectivity index (χ0v) is 19.0. The Labute approximate surface area is 178 Å². The summed E-state index contributed by atoms with van der Waals surface area (Å²) >= 11 is 6.09. The second kappa shape index (κ2) is 9.63. The molecule has 7 heteroatoms. The summed E-state index contributed by atoms with van der Waals surface area (Å²) in [5.74, 6) is 0.125. The summed E-state index contributed by atoms with van der Waals surface area (Å²) in [5.41, 5.74) is 1.31. The molecule has 29 heavy (non-hydrogen) atoms. The normalized spacial score (nSPS) is 12.7. The van der Waals surface area contributed by atoms with E-state index >= 15 is 0 Å². The predicted octanol–water partition coefficient (Wildman–Crippen LogP) is 5.20. The minimum atomic E-state index is -4.08. The summed E-state index contributed by atoms with van der Waals surface area (Å²) in [7, 11) is -4.08. The van der Waals surface area contributed by atoms with Crippen molar-refractivity contribution < 1.29 is 17.4 Å². The molecular weight excluding hydrogens is 410 g/mol. The lowest BCUT2D eigenvalue weighted by molar-refractivity contribution is -0.137. The van der Waals surface area contributed by atoms with Crippen molar-refractivity contribution in [2.45, 2.75) is 58.5 Å². The van der Waals surface area contributed by atoms with Crippen LogP contribution in [-0.2, 0) is 21.5 Å². The van der Waals surface area contributed by atoms with Gasteiger partial charge in [0, 0.05) is 18.5 Å². The second-order valence-electron chi connectivity index (χ2n) is 7.45. The summed E-state index contributed by atoms with van der Waals surface area (Å²) in [4.78, 5) is 14.4. The monoisotopic (exact) mass is 437 g/mol. The average molecular weight is 438 g/mol. The van der Waals surface area contributed by atoms with Crippen LogP contribution in [0.1, 0.15) is 45.2 Å². The number of nitrogens with zero attached hydrogens (tertiary/aromatic N) is 1. The molecule has 0 heterocycles. The van der Waals surface area contributed by atoms with E-state index in [4.69, 9.17) is 15.8 Å². The molecule has 0 saturated carbocycles. The van der Waals surface area contributed by atoms with E-state index in [9.17, 15) is 13.2 Å². The summed E-state index contributed by atoms with van der Waals surface area (Å²) in [5, 5.41) is 0.117. The number of amides is 1. The number of halogens is 1. The van der Waals surface area contributed by atoms with Gasteiger partial charge in [-0.15, -0.1) is 0 Å². The Morgan fingerprint density at radius 1 is 1.14 bits per heavy atom. The fraction of sp³-hybridized carbons (Fsp3) is 0.409. The SMILES string of the molecule is CC[C@@H](C)N(Cc1cccc(OS(=O)(=O)c2c(C)cccc2Cl)c1)C(=O)C(C)C. The number of benzene rings is 2. The zero-order chi connectivity index (χ0) is 21.8. The second-order valence-corrected chi connectivity index (χ2v) is 9.34. The van der Waals surface area contributed by atoms with E-state index in [2.05, 4.69) is 0 Å². The molecule has 158 valence electrons. The van der Waals surface area contributed by atoms with Crippen molar-refractivity contribution in [2.24, 2.45) is 5.92 Å². The maximum absolute atomic E-state index is 12.8. The van der Waals surface area contributed by atoms with Gasteiger partial charge < -0.3 is 9.08 Å². The highest BCUT2D eigenvalue weighted by Crippen LogP contribution is 2.28. The maximum atomic E-state index is 12.8. The minimum absolute atomic E-state index is 0.0386. The molecule has 0 aliphatic heterocycles. The summed E-state index contributed by atoms with van der Waals surface area (Å²) < 4.78 is 30.9. The number of carbonyl (C=O) groups is 1. The number of aryl methyl sites for hydroxylation is 1. The smallest absolute Gasteiger partial charge is 0.340 e. The van der Waals surface area contributed by atoms with Gasteiger partial charge in [0.15, 0.2) is 0 Å². The summed E-state index contributed by atoms with van der Waals surface area (Å²) in [6.07, 6.45) is 0.828. The Morgan fingerprint density at radius 3 is 2.38 bits per heavy atom.